The van der Waals surface area contributed by atoms with Crippen LogP contribution in [-0.4, -0.2) is 113 Å². The Balaban J connectivity index is 0.000000192. The number of nitrogens with zero attached hydrogens (tertiary/aromatic N) is 8. The highest BCUT2D eigenvalue weighted by Gasteiger charge is 2.41. The van der Waals surface area contributed by atoms with Crippen LogP contribution in [0.1, 0.15) is 104 Å². The highest BCUT2D eigenvalue weighted by Crippen LogP contribution is 2.42. The van der Waals surface area contributed by atoms with Gasteiger partial charge in [-0.15, -0.1) is 13.2 Å². The van der Waals surface area contributed by atoms with E-state index in [-0.39, 0.29) is 74.7 Å². The van der Waals surface area contributed by atoms with Crippen LogP contribution in [0.2, 0.25) is 0 Å². The fraction of sp³-hybridized carbons (Fsp3) is 0.444. The lowest BCUT2D eigenvalue weighted by Gasteiger charge is -2.41. The van der Waals surface area contributed by atoms with E-state index < -0.39 is 38.1 Å². The third-order valence-corrected chi connectivity index (χ3v) is 17.7. The monoisotopic (exact) mass is 1140 g/mol. The van der Waals surface area contributed by atoms with Crippen molar-refractivity contribution in [2.75, 3.05) is 35.6 Å². The lowest BCUT2D eigenvalue weighted by molar-refractivity contribution is -0.274. The van der Waals surface area contributed by atoms with E-state index in [0.29, 0.717) is 49.4 Å². The summed E-state index contributed by atoms with van der Waals surface area (Å²) in [5, 5.41) is 0. The molecule has 6 aromatic rings. The zero-order valence-electron chi connectivity index (χ0n) is 43.3. The predicted octanol–water partition coefficient (Wildman–Crippen LogP) is 10.2. The standard InChI is InChI=1S/C27H30F3N5O4S.C27H30F3N5O3S/c1-18-24(40(36,37)34-25-11-12-31-17-32-25)9-10-26(33-18)38-23-8-7-20(16-22(23)35-13-2-3-14-35)19-5-4-6-21(15-19)39-27(28,29)30;1-18-24(39(36,37)34-25-11-12-31-17-32-25)9-10-26(33-18)38-23-8-7-20(16-22(23)35-13-2-3-14-35)19-5-4-6-21(15-19)27(28,29)30/h4-6,9-12,15,17,20,22-23H,2-3,7-8,13-14,16H2,1H3,(H,31,32,34);4-6,9-12,15,17,20,22-23H,2-3,7-8,13-14,16H2,1H3,(H,31,32,34)/t2*20-,22-,23-/m00/s1. The third kappa shape index (κ3) is 14.8. The van der Waals surface area contributed by atoms with Crippen LogP contribution < -0.4 is 23.7 Å². The normalized spacial score (nSPS) is 22.3. The molecule has 0 spiro atoms. The van der Waals surface area contributed by atoms with Gasteiger partial charge in [0.25, 0.3) is 20.0 Å². The van der Waals surface area contributed by atoms with Gasteiger partial charge in [0.1, 0.15) is 52.0 Å². The van der Waals surface area contributed by atoms with Crippen LogP contribution in [0.3, 0.4) is 0 Å². The first kappa shape index (κ1) is 57.0. The van der Waals surface area contributed by atoms with Crippen LogP contribution in [0.15, 0.2) is 120 Å². The van der Waals surface area contributed by atoms with E-state index in [9.17, 15) is 43.2 Å². The summed E-state index contributed by atoms with van der Waals surface area (Å²) in [6, 6.07) is 20.8. The number of aryl methyl sites for hydroxylation is 2. The van der Waals surface area contributed by atoms with Crippen molar-refractivity contribution in [2.24, 2.45) is 0 Å². The van der Waals surface area contributed by atoms with Gasteiger partial charge in [0.05, 0.1) is 17.0 Å². The van der Waals surface area contributed by atoms with E-state index in [1.165, 1.54) is 73.6 Å². The number of hydrogen-bond donors (Lipinski definition) is 2. The van der Waals surface area contributed by atoms with Crippen molar-refractivity contribution in [3.8, 4) is 17.5 Å². The van der Waals surface area contributed by atoms with E-state index in [0.717, 1.165) is 69.9 Å². The second-order valence-corrected chi connectivity index (χ2v) is 23.4. The molecule has 2 aliphatic carbocycles. The number of likely N-dealkylation sites (tertiary alicyclic amines) is 2. The molecular formula is C54H60F6N10O7S2. The minimum Gasteiger partial charge on any atom is -0.473 e. The summed E-state index contributed by atoms with van der Waals surface area (Å²) in [5.74, 6) is 0.772. The van der Waals surface area contributed by atoms with E-state index in [4.69, 9.17) is 9.47 Å². The van der Waals surface area contributed by atoms with Crippen LogP contribution in [0.4, 0.5) is 38.0 Å². The maximum Gasteiger partial charge on any atom is 0.573 e. The van der Waals surface area contributed by atoms with Gasteiger partial charge in [-0.2, -0.15) is 13.2 Å². The minimum absolute atomic E-state index is 0.00663. The third-order valence-electron chi connectivity index (χ3n) is 14.8. The largest absolute Gasteiger partial charge is 0.573 e. The number of benzene rings is 2. The Morgan fingerprint density at radius 3 is 1.44 bits per heavy atom. The average molecular weight is 1140 g/mol. The molecule has 4 fully saturated rings. The van der Waals surface area contributed by atoms with Gasteiger partial charge in [0.15, 0.2) is 0 Å². The van der Waals surface area contributed by atoms with Crippen LogP contribution >= 0.6 is 0 Å². The summed E-state index contributed by atoms with van der Waals surface area (Å²) >= 11 is 0. The van der Waals surface area contributed by atoms with Gasteiger partial charge in [-0.3, -0.25) is 19.2 Å². The molecule has 25 heteroatoms. The number of nitrogens with one attached hydrogen (secondary N) is 2. The van der Waals surface area contributed by atoms with E-state index in [1.807, 2.05) is 6.07 Å². The number of ether oxygens (including phenoxy) is 3. The number of hydrogen-bond acceptors (Lipinski definition) is 15. The van der Waals surface area contributed by atoms with Crippen molar-refractivity contribution < 1.29 is 57.4 Å². The number of aromatic nitrogens is 6. The Bertz CT molecular complexity index is 3250. The summed E-state index contributed by atoms with van der Waals surface area (Å²) in [5.41, 5.74) is 1.45. The first-order valence-electron chi connectivity index (χ1n) is 26.0. The van der Waals surface area contributed by atoms with Gasteiger partial charge in [-0.1, -0.05) is 30.3 Å². The van der Waals surface area contributed by atoms with Crippen LogP contribution in [0.25, 0.3) is 0 Å². The molecule has 422 valence electrons. The van der Waals surface area contributed by atoms with Crippen molar-refractivity contribution in [1.29, 1.82) is 0 Å². The summed E-state index contributed by atoms with van der Waals surface area (Å²) in [4.78, 5) is 29.0. The van der Waals surface area contributed by atoms with Crippen LogP contribution in [0, 0.1) is 13.8 Å². The molecule has 2 saturated heterocycles. The summed E-state index contributed by atoms with van der Waals surface area (Å²) in [6.45, 7) is 6.88. The Labute approximate surface area is 454 Å². The minimum atomic E-state index is -4.74. The average Bonchev–Trinajstić information content (AvgIpc) is 4.22. The molecule has 2 saturated carbocycles. The van der Waals surface area contributed by atoms with Crippen LogP contribution in [-0.2, 0) is 26.2 Å². The number of anilines is 2. The topological polar surface area (TPSA) is 204 Å². The molecule has 4 aliphatic rings. The number of sulfonamides is 2. The second-order valence-electron chi connectivity index (χ2n) is 20.1. The first-order valence-corrected chi connectivity index (χ1v) is 29.0. The zero-order chi connectivity index (χ0) is 56.0. The molecule has 6 heterocycles. The Kier molecular flexibility index (Phi) is 17.6. The summed E-state index contributed by atoms with van der Waals surface area (Å²) in [7, 11) is -7.83. The van der Waals surface area contributed by atoms with Gasteiger partial charge in [-0.25, -0.2) is 46.7 Å². The van der Waals surface area contributed by atoms with Gasteiger partial charge in [0, 0.05) is 36.6 Å². The summed E-state index contributed by atoms with van der Waals surface area (Å²) in [6.07, 6.45) is 4.26. The van der Waals surface area contributed by atoms with Gasteiger partial charge in [-0.05, 0) is 170 Å². The molecule has 17 nitrogen and oxygen atoms in total. The van der Waals surface area contributed by atoms with Gasteiger partial charge in [0.2, 0.25) is 11.8 Å². The molecule has 10 rings (SSSR count). The molecule has 2 N–H and O–H groups in total. The Hall–Kier alpha value is -6.70. The SMILES string of the molecule is Cc1nc(O[C@H]2CC[C@H](c3cccc(C(F)(F)F)c3)C[C@@H]2N2CCCC2)ccc1S(=O)(=O)Nc1ccncn1.Cc1nc(O[C@H]2CC[C@H](c3cccc(OC(F)(F)F)c3)C[C@@H]2N2CCCC2)ccc1S(=O)(=O)Nc1ccncn1. The molecule has 79 heavy (non-hydrogen) atoms. The van der Waals surface area contributed by atoms with Crippen LogP contribution in [0.5, 0.6) is 17.5 Å². The maximum absolute atomic E-state index is 13.3. The Morgan fingerprint density at radius 1 is 0.570 bits per heavy atom. The highest BCUT2D eigenvalue weighted by atomic mass is 32.2. The predicted molar refractivity (Wildman–Crippen MR) is 279 cm³/mol. The fourth-order valence-electron chi connectivity index (χ4n) is 11.1. The second kappa shape index (κ2) is 24.3. The first-order chi connectivity index (χ1) is 37.7. The quantitative estimate of drug-likeness (QED) is 0.0919. The zero-order valence-corrected chi connectivity index (χ0v) is 44.9. The fourth-order valence-corrected chi connectivity index (χ4v) is 13.5. The summed E-state index contributed by atoms with van der Waals surface area (Å²) < 4.78 is 151. The Morgan fingerprint density at radius 2 is 1.03 bits per heavy atom. The van der Waals surface area contributed by atoms with Crippen molar-refractivity contribution in [3.63, 3.8) is 0 Å². The van der Waals surface area contributed by atoms with Gasteiger partial charge >= 0.3 is 12.5 Å². The smallest absolute Gasteiger partial charge is 0.473 e. The molecule has 0 amide bonds. The number of pyridine rings is 2. The van der Waals surface area contributed by atoms with Crippen molar-refractivity contribution in [2.45, 2.75) is 137 Å². The molecule has 6 atom stereocenters. The van der Waals surface area contributed by atoms with E-state index in [2.05, 4.69) is 53.9 Å². The van der Waals surface area contributed by atoms with Crippen molar-refractivity contribution >= 4 is 31.7 Å². The molecule has 0 unspecified atom stereocenters. The highest BCUT2D eigenvalue weighted by molar-refractivity contribution is 7.93. The van der Waals surface area contributed by atoms with E-state index >= 15 is 0 Å². The maximum atomic E-state index is 13.3. The van der Waals surface area contributed by atoms with Crippen molar-refractivity contribution in [3.05, 3.63) is 138 Å². The van der Waals surface area contributed by atoms with E-state index in [1.54, 1.807) is 38.1 Å². The lowest BCUT2D eigenvalue weighted by Crippen LogP contribution is -2.48. The molecule has 4 aromatic heterocycles. The molecule has 0 radical (unpaired) electrons. The number of alkyl halides is 6. The molecule has 2 aliphatic heterocycles. The lowest BCUT2D eigenvalue weighted by atomic mass is 9.79. The molecular weight excluding hydrogens is 1080 g/mol. The molecule has 2 aromatic carbocycles. The van der Waals surface area contributed by atoms with Gasteiger partial charge < -0.3 is 14.2 Å². The number of rotatable bonds is 15. The van der Waals surface area contributed by atoms with Crippen molar-refractivity contribution in [1.82, 2.24) is 39.7 Å². The molecule has 0 bridgehead atoms. The number of halogens is 6.